The van der Waals surface area contributed by atoms with Gasteiger partial charge in [-0.1, -0.05) is 0 Å². The van der Waals surface area contributed by atoms with Crippen LogP contribution in [-0.4, -0.2) is 44.1 Å². The molecule has 10 heteroatoms. The molecular weight excluding hydrogens is 380 g/mol. The van der Waals surface area contributed by atoms with Crippen LogP contribution in [-0.2, 0) is 16.1 Å². The van der Waals surface area contributed by atoms with Gasteiger partial charge >= 0.3 is 0 Å². The highest BCUT2D eigenvalue weighted by molar-refractivity contribution is 7.13. The number of anilines is 1. The second-order valence-corrected chi connectivity index (χ2v) is 5.83. The van der Waals surface area contributed by atoms with E-state index < -0.39 is 5.91 Å². The fourth-order valence-corrected chi connectivity index (χ4v) is 2.77. The van der Waals surface area contributed by atoms with Gasteiger partial charge in [0.05, 0.1) is 33.9 Å². The number of hydrogen-bond donors (Lipinski definition) is 2. The number of hydrogen-bond acceptors (Lipinski definition) is 7. The van der Waals surface area contributed by atoms with Crippen LogP contribution in [0.5, 0.6) is 11.5 Å². The molecule has 3 N–H and O–H groups in total. The van der Waals surface area contributed by atoms with Crippen molar-refractivity contribution < 1.29 is 19.1 Å². The number of aromatic nitrogens is 1. The fraction of sp³-hybridized carbons (Fsp3) is 0.312. The summed E-state index contributed by atoms with van der Waals surface area (Å²) in [6.07, 6.45) is 1.62. The van der Waals surface area contributed by atoms with Crippen LogP contribution in [0.15, 0.2) is 29.8 Å². The Morgan fingerprint density at radius 2 is 2.08 bits per heavy atom. The van der Waals surface area contributed by atoms with Crippen LogP contribution in [0.3, 0.4) is 0 Å². The van der Waals surface area contributed by atoms with Gasteiger partial charge in [0.2, 0.25) is 11.8 Å². The van der Waals surface area contributed by atoms with Crippen LogP contribution in [0.25, 0.3) is 0 Å². The molecule has 26 heavy (non-hydrogen) atoms. The van der Waals surface area contributed by atoms with Crippen molar-refractivity contribution in [1.29, 1.82) is 0 Å². The highest BCUT2D eigenvalue weighted by Gasteiger charge is 2.20. The minimum absolute atomic E-state index is 0. The lowest BCUT2D eigenvalue weighted by Gasteiger charge is -2.21. The van der Waals surface area contributed by atoms with E-state index in [4.69, 9.17) is 15.2 Å². The predicted molar refractivity (Wildman–Crippen MR) is 102 cm³/mol. The van der Waals surface area contributed by atoms with Crippen LogP contribution >= 0.6 is 23.7 Å². The number of methoxy groups -OCH3 is 2. The summed E-state index contributed by atoms with van der Waals surface area (Å²) in [5.41, 5.74) is 6.03. The molecule has 0 aliphatic heterocycles. The number of nitrogens with two attached hydrogens (primary N) is 1. The first-order valence-corrected chi connectivity index (χ1v) is 8.34. The summed E-state index contributed by atoms with van der Waals surface area (Å²) in [5.74, 6) is 0.562. The quantitative estimate of drug-likeness (QED) is 0.689. The van der Waals surface area contributed by atoms with Crippen molar-refractivity contribution in [3.63, 3.8) is 0 Å². The fourth-order valence-electron chi connectivity index (χ4n) is 2.11. The molecule has 0 bridgehead atoms. The zero-order chi connectivity index (χ0) is 18.2. The van der Waals surface area contributed by atoms with Crippen molar-refractivity contribution in [3.05, 3.63) is 35.3 Å². The number of amides is 2. The monoisotopic (exact) mass is 400 g/mol. The van der Waals surface area contributed by atoms with Gasteiger partial charge in [-0.3, -0.25) is 14.5 Å². The standard InChI is InChI=1S/C16H20N4O4S.ClH/c1-23-12-4-3-11(13(7-12)24-2)10-20(16-18-5-6-25-16)15(22)9-19-14(21)8-17;/h3-7H,8-10,17H2,1-2H3,(H,19,21);1H. The first kappa shape index (κ1) is 21.7. The summed E-state index contributed by atoms with van der Waals surface area (Å²) < 4.78 is 10.6. The molecule has 1 aromatic heterocycles. The third-order valence-corrected chi connectivity index (χ3v) is 4.19. The lowest BCUT2D eigenvalue weighted by atomic mass is 10.1. The average molecular weight is 401 g/mol. The van der Waals surface area contributed by atoms with E-state index in [2.05, 4.69) is 10.3 Å². The van der Waals surface area contributed by atoms with E-state index >= 15 is 0 Å². The molecule has 2 rings (SSSR count). The third kappa shape index (κ3) is 5.58. The second kappa shape index (κ2) is 10.6. The zero-order valence-electron chi connectivity index (χ0n) is 14.4. The van der Waals surface area contributed by atoms with Gasteiger partial charge in [0.25, 0.3) is 0 Å². The molecule has 142 valence electrons. The van der Waals surface area contributed by atoms with Crippen molar-refractivity contribution in [2.45, 2.75) is 6.54 Å². The van der Waals surface area contributed by atoms with Gasteiger partial charge in [0.15, 0.2) is 5.13 Å². The maximum absolute atomic E-state index is 12.6. The van der Waals surface area contributed by atoms with E-state index in [1.165, 1.54) is 16.2 Å². The predicted octanol–water partition coefficient (Wildman–Crippen LogP) is 1.19. The lowest BCUT2D eigenvalue weighted by molar-refractivity contribution is -0.124. The summed E-state index contributed by atoms with van der Waals surface area (Å²) in [4.78, 5) is 29.5. The van der Waals surface area contributed by atoms with Crippen LogP contribution in [0.2, 0.25) is 0 Å². The number of thiazole rings is 1. The molecule has 8 nitrogen and oxygen atoms in total. The average Bonchev–Trinajstić information content (AvgIpc) is 3.18. The van der Waals surface area contributed by atoms with Crippen molar-refractivity contribution in [2.24, 2.45) is 5.73 Å². The van der Waals surface area contributed by atoms with Gasteiger partial charge in [0.1, 0.15) is 11.5 Å². The Bertz CT molecular complexity index is 727. The Morgan fingerprint density at radius 1 is 1.31 bits per heavy atom. The molecule has 0 saturated heterocycles. The summed E-state index contributed by atoms with van der Waals surface area (Å²) in [7, 11) is 3.12. The summed E-state index contributed by atoms with van der Waals surface area (Å²) in [6, 6.07) is 5.36. The van der Waals surface area contributed by atoms with Crippen LogP contribution in [0.4, 0.5) is 5.13 Å². The molecule has 0 aliphatic rings. The van der Waals surface area contributed by atoms with Crippen molar-refractivity contribution in [2.75, 3.05) is 32.2 Å². The summed E-state index contributed by atoms with van der Waals surface area (Å²) in [5, 5.41) is 4.79. The Balaban J connectivity index is 0.00000338. The van der Waals surface area contributed by atoms with Gasteiger partial charge in [-0.15, -0.1) is 23.7 Å². The number of carbonyl (C=O) groups is 2. The van der Waals surface area contributed by atoms with E-state index in [9.17, 15) is 9.59 Å². The Labute approximate surface area is 161 Å². The maximum Gasteiger partial charge on any atom is 0.248 e. The smallest absolute Gasteiger partial charge is 0.248 e. The van der Waals surface area contributed by atoms with Gasteiger partial charge < -0.3 is 20.5 Å². The number of ether oxygens (including phenoxy) is 2. The zero-order valence-corrected chi connectivity index (χ0v) is 16.1. The third-order valence-electron chi connectivity index (χ3n) is 3.40. The van der Waals surface area contributed by atoms with E-state index in [-0.39, 0.29) is 37.9 Å². The molecular formula is C16H21ClN4O4S. The largest absolute Gasteiger partial charge is 0.497 e. The van der Waals surface area contributed by atoms with Crippen molar-refractivity contribution in [1.82, 2.24) is 10.3 Å². The molecule has 0 radical (unpaired) electrons. The van der Waals surface area contributed by atoms with E-state index in [0.29, 0.717) is 16.6 Å². The Kier molecular flexibility index (Phi) is 8.83. The first-order chi connectivity index (χ1) is 12.1. The Morgan fingerprint density at radius 3 is 2.65 bits per heavy atom. The van der Waals surface area contributed by atoms with Crippen LogP contribution in [0.1, 0.15) is 5.56 Å². The van der Waals surface area contributed by atoms with E-state index in [1.807, 2.05) is 6.07 Å². The van der Waals surface area contributed by atoms with Gasteiger partial charge in [-0.05, 0) is 12.1 Å². The number of nitrogens with zero attached hydrogens (tertiary/aromatic N) is 2. The Hall–Kier alpha value is -2.36. The van der Waals surface area contributed by atoms with Gasteiger partial charge in [0, 0.05) is 23.2 Å². The first-order valence-electron chi connectivity index (χ1n) is 7.46. The molecule has 0 spiro atoms. The van der Waals surface area contributed by atoms with E-state index in [0.717, 1.165) is 5.56 Å². The van der Waals surface area contributed by atoms with Crippen LogP contribution < -0.4 is 25.4 Å². The number of rotatable bonds is 8. The summed E-state index contributed by atoms with van der Waals surface area (Å²) in [6.45, 7) is -0.0804. The molecule has 0 unspecified atom stereocenters. The molecule has 0 fully saturated rings. The van der Waals surface area contributed by atoms with E-state index in [1.54, 1.807) is 37.9 Å². The highest BCUT2D eigenvalue weighted by atomic mass is 35.5. The minimum atomic E-state index is -0.394. The maximum atomic E-state index is 12.6. The molecule has 0 aliphatic carbocycles. The number of nitrogens with one attached hydrogen (secondary N) is 1. The summed E-state index contributed by atoms with van der Waals surface area (Å²) >= 11 is 1.33. The molecule has 0 saturated carbocycles. The van der Waals surface area contributed by atoms with Crippen LogP contribution in [0, 0.1) is 0 Å². The van der Waals surface area contributed by atoms with Crippen molar-refractivity contribution in [3.8, 4) is 11.5 Å². The second-order valence-electron chi connectivity index (χ2n) is 4.95. The number of benzene rings is 1. The minimum Gasteiger partial charge on any atom is -0.497 e. The molecule has 1 aromatic carbocycles. The normalized spacial score (nSPS) is 9.81. The van der Waals surface area contributed by atoms with Crippen molar-refractivity contribution >= 4 is 40.7 Å². The topological polar surface area (TPSA) is 107 Å². The number of carbonyl (C=O) groups excluding carboxylic acids is 2. The molecule has 2 aromatic rings. The SMILES string of the molecule is COc1ccc(CN(C(=O)CNC(=O)CN)c2nccs2)c(OC)c1.Cl. The number of halogens is 1. The van der Waals surface area contributed by atoms with Gasteiger partial charge in [-0.2, -0.15) is 0 Å². The van der Waals surface area contributed by atoms with Gasteiger partial charge in [-0.25, -0.2) is 4.98 Å². The molecule has 2 amide bonds. The molecule has 1 heterocycles. The molecule has 0 atom stereocenters. The lowest BCUT2D eigenvalue weighted by Crippen LogP contribution is -2.41. The highest BCUT2D eigenvalue weighted by Crippen LogP contribution is 2.28.